The van der Waals surface area contributed by atoms with Gasteiger partial charge in [0.1, 0.15) is 10.8 Å². The van der Waals surface area contributed by atoms with Gasteiger partial charge in [-0.3, -0.25) is 4.79 Å². The first-order chi connectivity index (χ1) is 9.19. The molecular weight excluding hydrogens is 281 g/mol. The molecule has 112 valence electrons. The fraction of sp³-hybridized carbons (Fsp3) is 0.571. The number of amides is 1. The lowest BCUT2D eigenvalue weighted by Crippen LogP contribution is -2.29. The molecule has 0 saturated carbocycles. The Labute approximate surface area is 124 Å². The first-order valence-corrected chi connectivity index (χ1v) is 6.96. The third-order valence-electron chi connectivity index (χ3n) is 2.56. The van der Waals surface area contributed by atoms with E-state index in [4.69, 9.17) is 11.6 Å². The van der Waals surface area contributed by atoms with Gasteiger partial charge in [-0.15, -0.1) is 0 Å². The lowest BCUT2D eigenvalue weighted by Gasteiger charge is -2.16. The van der Waals surface area contributed by atoms with Gasteiger partial charge in [0.05, 0.1) is 11.3 Å². The molecule has 2 N–H and O–H groups in total. The number of anilines is 1. The van der Waals surface area contributed by atoms with E-state index in [1.165, 1.54) is 20.0 Å². The van der Waals surface area contributed by atoms with E-state index in [-0.39, 0.29) is 24.9 Å². The van der Waals surface area contributed by atoms with Crippen LogP contribution in [0.5, 0.6) is 0 Å². The zero-order valence-electron chi connectivity index (χ0n) is 12.3. The second-order valence-electron chi connectivity index (χ2n) is 5.58. The number of hydrogen-bond acceptors (Lipinski definition) is 3. The normalized spacial score (nSPS) is 11.6. The minimum Gasteiger partial charge on any atom is -0.382 e. The van der Waals surface area contributed by atoms with E-state index in [1.54, 1.807) is 6.07 Å². The van der Waals surface area contributed by atoms with Gasteiger partial charge in [0.15, 0.2) is 0 Å². The van der Waals surface area contributed by atoms with Crippen molar-refractivity contribution < 1.29 is 9.18 Å². The smallest absolute Gasteiger partial charge is 0.254 e. The van der Waals surface area contributed by atoms with Crippen LogP contribution in [0.3, 0.4) is 0 Å². The molecule has 1 aromatic rings. The number of carbonyl (C=O) groups is 1. The molecule has 0 aliphatic rings. The number of pyridine rings is 1. The van der Waals surface area contributed by atoms with Gasteiger partial charge < -0.3 is 10.6 Å². The van der Waals surface area contributed by atoms with E-state index in [0.717, 1.165) is 0 Å². The summed E-state index contributed by atoms with van der Waals surface area (Å²) in [6.45, 7) is 7.15. The Hall–Kier alpha value is -1.36. The standard InChI is InChI=1S/C14H21ClFN3O/c1-9(2)19-11-7-12(15)18-8-10(11)13(20)17-6-5-14(3,4)16/h7-9H,5-6H2,1-4H3,(H,17,20)(H,18,19). The summed E-state index contributed by atoms with van der Waals surface area (Å²) >= 11 is 5.84. The summed E-state index contributed by atoms with van der Waals surface area (Å²) in [5.74, 6) is -0.290. The molecule has 0 aliphatic carbocycles. The molecular formula is C14H21ClFN3O. The van der Waals surface area contributed by atoms with Crippen LogP contribution in [0, 0.1) is 0 Å². The monoisotopic (exact) mass is 301 g/mol. The largest absolute Gasteiger partial charge is 0.382 e. The summed E-state index contributed by atoms with van der Waals surface area (Å²) in [6, 6.07) is 1.76. The highest BCUT2D eigenvalue weighted by Gasteiger charge is 2.17. The number of nitrogens with one attached hydrogen (secondary N) is 2. The number of carbonyl (C=O) groups excluding carboxylic acids is 1. The van der Waals surface area contributed by atoms with E-state index in [0.29, 0.717) is 16.4 Å². The maximum atomic E-state index is 13.4. The molecule has 4 nitrogen and oxygen atoms in total. The van der Waals surface area contributed by atoms with Gasteiger partial charge in [0.2, 0.25) is 0 Å². The second-order valence-corrected chi connectivity index (χ2v) is 5.96. The molecule has 6 heteroatoms. The number of nitrogens with zero attached hydrogens (tertiary/aromatic N) is 1. The van der Waals surface area contributed by atoms with Crippen LogP contribution in [0.4, 0.5) is 10.1 Å². The molecule has 20 heavy (non-hydrogen) atoms. The molecule has 1 heterocycles. The molecule has 0 spiro atoms. The topological polar surface area (TPSA) is 54.0 Å². The quantitative estimate of drug-likeness (QED) is 0.792. The van der Waals surface area contributed by atoms with E-state index in [2.05, 4.69) is 15.6 Å². The van der Waals surface area contributed by atoms with Crippen molar-refractivity contribution >= 4 is 23.2 Å². The third-order valence-corrected chi connectivity index (χ3v) is 2.77. The Kier molecular flexibility index (Phi) is 5.74. The molecule has 0 aromatic carbocycles. The predicted molar refractivity (Wildman–Crippen MR) is 80.1 cm³/mol. The Balaban J connectivity index is 2.76. The number of hydrogen-bond donors (Lipinski definition) is 2. The Morgan fingerprint density at radius 1 is 1.50 bits per heavy atom. The molecule has 0 saturated heterocycles. The average Bonchev–Trinajstić information content (AvgIpc) is 2.26. The van der Waals surface area contributed by atoms with Crippen LogP contribution in [0.1, 0.15) is 44.5 Å². The van der Waals surface area contributed by atoms with Gasteiger partial charge >= 0.3 is 0 Å². The molecule has 1 rings (SSSR count). The molecule has 0 atom stereocenters. The van der Waals surface area contributed by atoms with Crippen molar-refractivity contribution in [2.75, 3.05) is 11.9 Å². The fourth-order valence-electron chi connectivity index (χ4n) is 1.61. The molecule has 0 fully saturated rings. The van der Waals surface area contributed by atoms with Crippen LogP contribution in [0.2, 0.25) is 5.15 Å². The zero-order valence-corrected chi connectivity index (χ0v) is 13.0. The Morgan fingerprint density at radius 3 is 2.70 bits per heavy atom. The molecule has 0 aliphatic heterocycles. The highest BCUT2D eigenvalue weighted by Crippen LogP contribution is 2.20. The van der Waals surface area contributed by atoms with Gasteiger partial charge in [-0.2, -0.15) is 0 Å². The summed E-state index contributed by atoms with van der Waals surface area (Å²) in [7, 11) is 0. The van der Waals surface area contributed by atoms with E-state index in [9.17, 15) is 9.18 Å². The first-order valence-electron chi connectivity index (χ1n) is 6.58. The number of alkyl halides is 1. The van der Waals surface area contributed by atoms with Gasteiger partial charge in [0.25, 0.3) is 5.91 Å². The highest BCUT2D eigenvalue weighted by molar-refractivity contribution is 6.29. The van der Waals surface area contributed by atoms with Crippen LogP contribution in [0.15, 0.2) is 12.3 Å². The van der Waals surface area contributed by atoms with Crippen LogP contribution in [-0.4, -0.2) is 29.1 Å². The minimum absolute atomic E-state index is 0.157. The van der Waals surface area contributed by atoms with E-state index >= 15 is 0 Å². The number of aromatic nitrogens is 1. The summed E-state index contributed by atoms with van der Waals surface area (Å²) in [4.78, 5) is 16.0. The number of halogens is 2. The second kappa shape index (κ2) is 6.88. The van der Waals surface area contributed by atoms with Crippen molar-refractivity contribution in [3.05, 3.63) is 23.0 Å². The molecule has 1 amide bonds. The van der Waals surface area contributed by atoms with E-state index in [1.807, 2.05) is 13.8 Å². The van der Waals surface area contributed by atoms with Gasteiger partial charge in [-0.25, -0.2) is 9.37 Å². The summed E-state index contributed by atoms with van der Waals surface area (Å²) in [6.07, 6.45) is 1.68. The van der Waals surface area contributed by atoms with Crippen molar-refractivity contribution in [3.8, 4) is 0 Å². The van der Waals surface area contributed by atoms with Crippen molar-refractivity contribution in [2.24, 2.45) is 0 Å². The maximum Gasteiger partial charge on any atom is 0.254 e. The molecule has 0 bridgehead atoms. The van der Waals surface area contributed by atoms with Gasteiger partial charge in [-0.05, 0) is 40.2 Å². The Morgan fingerprint density at radius 2 is 2.15 bits per heavy atom. The van der Waals surface area contributed by atoms with Gasteiger partial charge in [-0.1, -0.05) is 11.6 Å². The molecule has 0 unspecified atom stereocenters. The first kappa shape index (κ1) is 16.7. The van der Waals surface area contributed by atoms with Crippen LogP contribution in [0.25, 0.3) is 0 Å². The van der Waals surface area contributed by atoms with Crippen molar-refractivity contribution in [2.45, 2.75) is 45.8 Å². The number of rotatable bonds is 6. The predicted octanol–water partition coefficient (Wildman–Crippen LogP) is 3.42. The molecule has 0 radical (unpaired) electrons. The van der Waals surface area contributed by atoms with Crippen molar-refractivity contribution in [3.63, 3.8) is 0 Å². The summed E-state index contributed by atoms with van der Waals surface area (Å²) < 4.78 is 13.4. The average molecular weight is 302 g/mol. The van der Waals surface area contributed by atoms with E-state index < -0.39 is 5.67 Å². The summed E-state index contributed by atoms with van der Waals surface area (Å²) in [5, 5.41) is 6.14. The highest BCUT2D eigenvalue weighted by atomic mass is 35.5. The van der Waals surface area contributed by atoms with Crippen LogP contribution < -0.4 is 10.6 Å². The fourth-order valence-corrected chi connectivity index (χ4v) is 1.77. The molecule has 1 aromatic heterocycles. The lowest BCUT2D eigenvalue weighted by atomic mass is 10.1. The zero-order chi connectivity index (χ0) is 15.3. The lowest BCUT2D eigenvalue weighted by molar-refractivity contribution is 0.0945. The van der Waals surface area contributed by atoms with Crippen molar-refractivity contribution in [1.82, 2.24) is 10.3 Å². The SMILES string of the molecule is CC(C)Nc1cc(Cl)ncc1C(=O)NCCC(C)(C)F. The van der Waals surface area contributed by atoms with Crippen molar-refractivity contribution in [1.29, 1.82) is 0 Å². The van der Waals surface area contributed by atoms with Crippen LogP contribution in [-0.2, 0) is 0 Å². The maximum absolute atomic E-state index is 13.4. The minimum atomic E-state index is -1.30. The summed E-state index contributed by atoms with van der Waals surface area (Å²) in [5.41, 5.74) is -0.276. The van der Waals surface area contributed by atoms with Crippen LogP contribution >= 0.6 is 11.6 Å². The van der Waals surface area contributed by atoms with Gasteiger partial charge in [0, 0.05) is 18.8 Å². The Bertz CT molecular complexity index is 472. The third kappa shape index (κ3) is 5.74.